The summed E-state index contributed by atoms with van der Waals surface area (Å²) in [6, 6.07) is 7.65. The Balaban J connectivity index is 1.37. The maximum Gasteiger partial charge on any atom is 0.231 e. The molecular formula is C27H38FN5O. The van der Waals surface area contributed by atoms with Crippen LogP contribution in [0.4, 0.5) is 4.39 Å². The number of nitrogens with one attached hydrogen (secondary N) is 1. The van der Waals surface area contributed by atoms with Crippen molar-refractivity contribution in [2.45, 2.75) is 64.3 Å². The highest BCUT2D eigenvalue weighted by Crippen LogP contribution is 2.61. The van der Waals surface area contributed by atoms with Gasteiger partial charge in [-0.05, 0) is 81.0 Å². The highest BCUT2D eigenvalue weighted by atomic mass is 19.1. The lowest BCUT2D eigenvalue weighted by molar-refractivity contribution is 0.124. The second-order valence-electron chi connectivity index (χ2n) is 10.1. The average molecular weight is 468 g/mol. The highest BCUT2D eigenvalue weighted by Gasteiger charge is 2.61. The van der Waals surface area contributed by atoms with Crippen LogP contribution in [0.1, 0.15) is 57.4 Å². The zero-order chi connectivity index (χ0) is 23.8. The molecule has 4 rings (SSSR count). The van der Waals surface area contributed by atoms with Crippen LogP contribution in [0.3, 0.4) is 0 Å². The number of halogens is 1. The Morgan fingerprint density at radius 2 is 2.15 bits per heavy atom. The smallest absolute Gasteiger partial charge is 0.231 e. The van der Waals surface area contributed by atoms with Crippen molar-refractivity contribution < 1.29 is 9.13 Å². The number of benzene rings is 1. The predicted molar refractivity (Wildman–Crippen MR) is 133 cm³/mol. The number of rotatable bonds is 8. The molecule has 7 heteroatoms. The van der Waals surface area contributed by atoms with E-state index in [1.165, 1.54) is 50.6 Å². The van der Waals surface area contributed by atoms with Crippen molar-refractivity contribution in [3.63, 3.8) is 0 Å². The van der Waals surface area contributed by atoms with Gasteiger partial charge in [-0.3, -0.25) is 10.2 Å². The fraction of sp³-hybridized carbons (Fsp3) is 0.667. The SMILES string of the molecule is CCOCCN=C(/N=C\C1CCCC[C@@]12C[C@H]2N1CCCC(Cc2ccc(F)cc2)C1)NC#N. The third-order valence-electron chi connectivity index (χ3n) is 7.90. The van der Waals surface area contributed by atoms with Crippen LogP contribution in [-0.4, -0.2) is 56.0 Å². The molecule has 3 aliphatic rings. The minimum atomic E-state index is -0.161. The molecule has 1 N–H and O–H groups in total. The fourth-order valence-corrected chi connectivity index (χ4v) is 6.16. The zero-order valence-electron chi connectivity index (χ0n) is 20.4. The number of hydrogen-bond donors (Lipinski definition) is 1. The Kier molecular flexibility index (Phi) is 8.69. The lowest BCUT2D eigenvalue weighted by Crippen LogP contribution is -2.41. The van der Waals surface area contributed by atoms with E-state index in [-0.39, 0.29) is 5.82 Å². The number of piperidine rings is 1. The lowest BCUT2D eigenvalue weighted by atomic mass is 9.76. The Bertz CT molecular complexity index is 895. The van der Waals surface area contributed by atoms with Gasteiger partial charge in [-0.15, -0.1) is 0 Å². The van der Waals surface area contributed by atoms with E-state index in [1.54, 1.807) is 12.1 Å². The standard InChI is InChI=1S/C27H38FN5O/c1-2-34-15-13-30-26(32-20-29)31-18-23-7-3-4-12-27(23)17-25(27)33-14-5-6-22(19-33)16-21-8-10-24(28)11-9-21/h8-11,18,22-23,25H,2-7,12-17,19H2,1H3,(H,30,32)/b31-18-/t22?,23?,25-,27-/m1/s1. The van der Waals surface area contributed by atoms with Gasteiger partial charge in [-0.2, -0.15) is 5.26 Å². The van der Waals surface area contributed by atoms with Crippen LogP contribution in [0.15, 0.2) is 34.3 Å². The van der Waals surface area contributed by atoms with Crippen molar-refractivity contribution in [1.82, 2.24) is 10.2 Å². The third-order valence-corrected chi connectivity index (χ3v) is 7.90. The molecular weight excluding hydrogens is 429 g/mol. The average Bonchev–Trinajstić information content (AvgIpc) is 3.57. The van der Waals surface area contributed by atoms with Crippen molar-refractivity contribution in [3.05, 3.63) is 35.6 Å². The maximum atomic E-state index is 13.3. The molecule has 2 saturated carbocycles. The highest BCUT2D eigenvalue weighted by molar-refractivity contribution is 5.89. The number of ether oxygens (including phenoxy) is 1. The predicted octanol–water partition coefficient (Wildman–Crippen LogP) is 4.56. The molecule has 0 amide bonds. The molecule has 0 aromatic heterocycles. The summed E-state index contributed by atoms with van der Waals surface area (Å²) in [5.74, 6) is 1.29. The Morgan fingerprint density at radius 3 is 2.94 bits per heavy atom. The number of guanidine groups is 1. The summed E-state index contributed by atoms with van der Waals surface area (Å²) in [4.78, 5) is 11.7. The van der Waals surface area contributed by atoms with Crippen molar-refractivity contribution in [2.75, 3.05) is 32.8 Å². The van der Waals surface area contributed by atoms with Gasteiger partial charge in [-0.1, -0.05) is 25.0 Å². The molecule has 184 valence electrons. The van der Waals surface area contributed by atoms with E-state index in [4.69, 9.17) is 10.00 Å². The first-order valence-corrected chi connectivity index (χ1v) is 12.9. The molecule has 1 spiro atoms. The van der Waals surface area contributed by atoms with Crippen LogP contribution in [0, 0.1) is 34.5 Å². The quantitative estimate of drug-likeness (QED) is 0.200. The van der Waals surface area contributed by atoms with Crippen LogP contribution in [0.2, 0.25) is 0 Å². The van der Waals surface area contributed by atoms with Gasteiger partial charge in [0, 0.05) is 31.3 Å². The molecule has 34 heavy (non-hydrogen) atoms. The number of likely N-dealkylation sites (tertiary alicyclic amines) is 1. The second-order valence-corrected chi connectivity index (χ2v) is 10.1. The maximum absolute atomic E-state index is 13.3. The van der Waals surface area contributed by atoms with Gasteiger partial charge in [-0.25, -0.2) is 14.4 Å². The molecule has 1 aliphatic heterocycles. The number of nitriles is 1. The molecule has 2 unspecified atom stereocenters. The summed E-state index contributed by atoms with van der Waals surface area (Å²) in [6.45, 7) is 5.96. The molecule has 0 bridgehead atoms. The van der Waals surface area contributed by atoms with E-state index >= 15 is 0 Å². The van der Waals surface area contributed by atoms with Gasteiger partial charge >= 0.3 is 0 Å². The molecule has 2 aliphatic carbocycles. The van der Waals surface area contributed by atoms with Crippen LogP contribution < -0.4 is 5.32 Å². The Labute approximate surface area is 203 Å². The van der Waals surface area contributed by atoms with E-state index in [9.17, 15) is 4.39 Å². The van der Waals surface area contributed by atoms with Crippen LogP contribution >= 0.6 is 0 Å². The topological polar surface area (TPSA) is 73.0 Å². The summed E-state index contributed by atoms with van der Waals surface area (Å²) in [6.07, 6.45) is 13.7. The van der Waals surface area contributed by atoms with E-state index in [0.29, 0.717) is 49.0 Å². The summed E-state index contributed by atoms with van der Waals surface area (Å²) in [7, 11) is 0. The van der Waals surface area contributed by atoms with Crippen molar-refractivity contribution in [2.24, 2.45) is 27.2 Å². The van der Waals surface area contributed by atoms with Crippen LogP contribution in [0.25, 0.3) is 0 Å². The molecule has 3 fully saturated rings. The first-order valence-electron chi connectivity index (χ1n) is 12.9. The molecule has 1 aromatic rings. The van der Waals surface area contributed by atoms with Crippen molar-refractivity contribution in [1.29, 1.82) is 5.26 Å². The molecule has 1 saturated heterocycles. The van der Waals surface area contributed by atoms with Gasteiger partial charge in [0.25, 0.3) is 0 Å². The summed E-state index contributed by atoms with van der Waals surface area (Å²) in [5, 5.41) is 11.7. The van der Waals surface area contributed by atoms with E-state index in [1.807, 2.05) is 25.2 Å². The largest absolute Gasteiger partial charge is 0.380 e. The number of aliphatic imine (C=N–C) groups is 2. The monoisotopic (exact) mass is 467 g/mol. The van der Waals surface area contributed by atoms with Gasteiger partial charge in [0.2, 0.25) is 5.96 Å². The second kappa shape index (κ2) is 11.9. The Morgan fingerprint density at radius 1 is 1.29 bits per heavy atom. The zero-order valence-corrected chi connectivity index (χ0v) is 20.4. The van der Waals surface area contributed by atoms with Gasteiger partial charge in [0.1, 0.15) is 5.82 Å². The Hall–Kier alpha value is -2.30. The minimum Gasteiger partial charge on any atom is -0.380 e. The minimum absolute atomic E-state index is 0.161. The van der Waals surface area contributed by atoms with Crippen LogP contribution in [-0.2, 0) is 11.2 Å². The summed E-state index contributed by atoms with van der Waals surface area (Å²) < 4.78 is 18.6. The molecule has 1 heterocycles. The molecule has 1 aromatic carbocycles. The van der Waals surface area contributed by atoms with E-state index in [2.05, 4.69) is 26.4 Å². The number of hydrogen-bond acceptors (Lipinski definition) is 4. The lowest BCUT2D eigenvalue weighted by Gasteiger charge is -2.38. The van der Waals surface area contributed by atoms with Crippen LogP contribution in [0.5, 0.6) is 0 Å². The summed E-state index contributed by atoms with van der Waals surface area (Å²) in [5.41, 5.74) is 1.56. The van der Waals surface area contributed by atoms with E-state index < -0.39 is 0 Å². The fourth-order valence-electron chi connectivity index (χ4n) is 6.16. The molecule has 4 atom stereocenters. The third kappa shape index (κ3) is 6.22. The van der Waals surface area contributed by atoms with E-state index in [0.717, 1.165) is 19.4 Å². The summed E-state index contributed by atoms with van der Waals surface area (Å²) >= 11 is 0. The van der Waals surface area contributed by atoms with Crippen molar-refractivity contribution in [3.8, 4) is 6.19 Å². The van der Waals surface area contributed by atoms with Gasteiger partial charge in [0.05, 0.1) is 13.2 Å². The van der Waals surface area contributed by atoms with Gasteiger partial charge < -0.3 is 4.74 Å². The normalized spacial score (nSPS) is 29.9. The first-order chi connectivity index (χ1) is 16.6. The molecule has 0 radical (unpaired) electrons. The molecule has 6 nitrogen and oxygen atoms in total. The van der Waals surface area contributed by atoms with Crippen molar-refractivity contribution >= 4 is 12.2 Å². The van der Waals surface area contributed by atoms with Gasteiger partial charge in [0.15, 0.2) is 6.19 Å². The first kappa shape index (κ1) is 24.8. The number of nitrogens with zero attached hydrogens (tertiary/aromatic N) is 4.